The number of aliphatic hydroxyl groups excluding tert-OH is 9. The van der Waals surface area contributed by atoms with E-state index in [4.69, 9.17) is 33.2 Å². The third kappa shape index (κ3) is 7.31. The molecule has 354 valence electrons. The van der Waals surface area contributed by atoms with Crippen LogP contribution >= 0.6 is 0 Å². The van der Waals surface area contributed by atoms with Crippen LogP contribution in [0.3, 0.4) is 0 Å². The van der Waals surface area contributed by atoms with E-state index in [0.717, 1.165) is 38.6 Å². The fourth-order valence-corrected chi connectivity index (χ4v) is 14.1. The molecule has 27 atom stereocenters. The van der Waals surface area contributed by atoms with E-state index < -0.39 is 111 Å². The number of ether oxygens (including phenoxy) is 7. The van der Waals surface area contributed by atoms with Crippen LogP contribution in [0.25, 0.3) is 0 Å². The lowest BCUT2D eigenvalue weighted by Gasteiger charge is -2.60. The van der Waals surface area contributed by atoms with Crippen LogP contribution in [0.1, 0.15) is 92.9 Å². The first-order chi connectivity index (χ1) is 29.3. The van der Waals surface area contributed by atoms with E-state index in [1.165, 1.54) is 19.4 Å². The summed E-state index contributed by atoms with van der Waals surface area (Å²) in [6.07, 6.45) is -13.5. The van der Waals surface area contributed by atoms with Gasteiger partial charge in [0.2, 0.25) is 0 Å². The Balaban J connectivity index is 0.927. The van der Waals surface area contributed by atoms with Crippen molar-refractivity contribution in [2.75, 3.05) is 13.2 Å². The average molecular weight is 884 g/mol. The first-order valence-corrected chi connectivity index (χ1v) is 23.4. The Morgan fingerprint density at radius 3 is 1.97 bits per heavy atom. The maximum atomic E-state index is 12.3. The molecule has 17 nitrogen and oxygen atoms in total. The topological polar surface area (TPSA) is 259 Å². The average Bonchev–Trinajstić information content (AvgIpc) is 3.70. The van der Waals surface area contributed by atoms with E-state index >= 15 is 0 Å². The van der Waals surface area contributed by atoms with Crippen LogP contribution in [-0.2, 0) is 33.2 Å². The molecule has 4 aliphatic carbocycles. The molecule has 5 saturated heterocycles. The van der Waals surface area contributed by atoms with Gasteiger partial charge in [-0.1, -0.05) is 39.3 Å². The van der Waals surface area contributed by atoms with Crippen LogP contribution in [0, 0.1) is 46.3 Å². The fraction of sp³-hybridized carbons (Fsp3) is 0.956. The molecular weight excluding hydrogens is 810 g/mol. The van der Waals surface area contributed by atoms with Crippen molar-refractivity contribution in [3.8, 4) is 0 Å². The Morgan fingerprint density at radius 2 is 1.35 bits per heavy atom. The first kappa shape index (κ1) is 46.2. The summed E-state index contributed by atoms with van der Waals surface area (Å²) >= 11 is 0. The minimum absolute atomic E-state index is 0.116. The monoisotopic (exact) mass is 883 g/mol. The van der Waals surface area contributed by atoms with Crippen molar-refractivity contribution < 1.29 is 79.1 Å². The Hall–Kier alpha value is -0.940. The highest BCUT2D eigenvalue weighted by atomic mass is 16.8. The van der Waals surface area contributed by atoms with E-state index in [-0.39, 0.29) is 34.5 Å². The predicted octanol–water partition coefficient (Wildman–Crippen LogP) is -0.214. The Morgan fingerprint density at radius 1 is 0.710 bits per heavy atom. The molecule has 5 heterocycles. The van der Waals surface area contributed by atoms with Gasteiger partial charge in [0.25, 0.3) is 0 Å². The van der Waals surface area contributed by atoms with E-state index in [1.54, 1.807) is 0 Å². The second kappa shape index (κ2) is 17.0. The third-order valence-corrected chi connectivity index (χ3v) is 18.0. The predicted molar refractivity (Wildman–Crippen MR) is 216 cm³/mol. The Bertz CT molecular complexity index is 1630. The molecule has 10 N–H and O–H groups in total. The molecule has 17 heteroatoms. The van der Waals surface area contributed by atoms with E-state index in [0.29, 0.717) is 42.9 Å². The van der Waals surface area contributed by atoms with Crippen molar-refractivity contribution in [1.82, 2.24) is 5.32 Å². The highest BCUT2D eigenvalue weighted by Gasteiger charge is 2.71. The summed E-state index contributed by atoms with van der Waals surface area (Å²) in [6, 6.07) is 0. The van der Waals surface area contributed by atoms with Crippen molar-refractivity contribution in [1.29, 1.82) is 0 Å². The van der Waals surface area contributed by atoms with Gasteiger partial charge in [-0.15, -0.1) is 0 Å². The molecule has 0 aromatic rings. The highest BCUT2D eigenvalue weighted by molar-refractivity contribution is 5.27. The number of hydrogen-bond donors (Lipinski definition) is 10. The molecule has 0 amide bonds. The van der Waals surface area contributed by atoms with Gasteiger partial charge in [0, 0.05) is 17.9 Å². The smallest absolute Gasteiger partial charge is 0.187 e. The molecule has 0 unspecified atom stereocenters. The summed E-state index contributed by atoms with van der Waals surface area (Å²) in [7, 11) is 0. The van der Waals surface area contributed by atoms with Crippen molar-refractivity contribution in [3.05, 3.63) is 11.6 Å². The minimum atomic E-state index is -1.73. The summed E-state index contributed by atoms with van der Waals surface area (Å²) in [4.78, 5) is 0. The fourth-order valence-electron chi connectivity index (χ4n) is 14.1. The van der Waals surface area contributed by atoms with Crippen LogP contribution in [0.2, 0.25) is 0 Å². The molecule has 1 spiro atoms. The van der Waals surface area contributed by atoms with E-state index in [9.17, 15) is 46.0 Å². The quantitative estimate of drug-likeness (QED) is 0.148. The lowest BCUT2D eigenvalue weighted by molar-refractivity contribution is -0.388. The molecule has 0 aromatic heterocycles. The number of hydrogen-bond acceptors (Lipinski definition) is 17. The van der Waals surface area contributed by atoms with Crippen molar-refractivity contribution in [2.24, 2.45) is 46.3 Å². The summed E-state index contributed by atoms with van der Waals surface area (Å²) < 4.78 is 43.6. The summed E-state index contributed by atoms with van der Waals surface area (Å²) in [5.41, 5.74) is 0.504. The van der Waals surface area contributed by atoms with Gasteiger partial charge < -0.3 is 79.1 Å². The van der Waals surface area contributed by atoms with Crippen molar-refractivity contribution in [2.45, 2.75) is 209 Å². The van der Waals surface area contributed by atoms with Gasteiger partial charge in [0.05, 0.1) is 37.1 Å². The van der Waals surface area contributed by atoms with Gasteiger partial charge in [0.15, 0.2) is 18.9 Å². The van der Waals surface area contributed by atoms with Gasteiger partial charge in [-0.25, -0.2) is 0 Å². The third-order valence-electron chi connectivity index (χ3n) is 18.0. The normalized spacial score (nSPS) is 58.9. The molecule has 0 bridgehead atoms. The van der Waals surface area contributed by atoms with Gasteiger partial charge in [0.1, 0.15) is 66.8 Å². The van der Waals surface area contributed by atoms with Crippen LogP contribution in [0.4, 0.5) is 0 Å². The SMILES string of the molecule is C[C@@H]1CC[C@@]2(NC1)O[C@H]1C[C@H]3[C@@H]4CC=C5C[C@@H](O[C@@H]6O[C@H](CO)[C@@H](O[C@@H]7O[C@@H](C)[C@H](O)[C@@H](O)[C@H]7O)[C@H](O)[C@H]6O[C@@H]6O[C@@H](C)[C@H](O)[C@@H](O)[C@H]6O)CC[C@]5(C)[C@H]4C[C@@H](O)[C@]3(C)[C@H]1[C@@H]2C. The standard InChI is InChI=1S/C45H73NO16/c1-18-9-12-45(46-16-18)19(2)30-27(62-45)14-26-24-8-7-22-13-23(10-11-43(22,5)25(24)15-29(48)44(26,30)6)58-42-39(61-41-36(54)34(52)32(50)21(4)57-41)37(55)38(28(17-47)59-42)60-40-35(53)33(51)31(49)20(3)56-40/h7,18-21,23-42,46-55H,8-17H2,1-6H3/t18-,19+,20+,21+,23+,24-,25+,26+,27+,28-,29-,30+,31+,32+,33-,34-,35-,36-,37+,38-,39-,40+,41+,42-,43+,44-,45-/m1/s1. The van der Waals surface area contributed by atoms with E-state index in [2.05, 4.69) is 39.1 Å². The molecule has 8 fully saturated rings. The minimum Gasteiger partial charge on any atom is -0.394 e. The first-order valence-electron chi connectivity index (χ1n) is 23.4. The maximum Gasteiger partial charge on any atom is 0.187 e. The molecule has 5 aliphatic heterocycles. The summed E-state index contributed by atoms with van der Waals surface area (Å²) in [5, 5.41) is 102. The zero-order chi connectivity index (χ0) is 44.4. The molecular formula is C45H73NO16. The van der Waals surface area contributed by atoms with Crippen LogP contribution in [-0.4, -0.2) is 175 Å². The van der Waals surface area contributed by atoms with Crippen LogP contribution < -0.4 is 5.32 Å². The number of nitrogens with one attached hydrogen (secondary N) is 1. The molecule has 9 aliphatic rings. The second-order valence-electron chi connectivity index (χ2n) is 21.3. The number of allylic oxidation sites excluding steroid dienone is 1. The number of piperidine rings is 1. The highest BCUT2D eigenvalue weighted by Crippen LogP contribution is 2.70. The molecule has 62 heavy (non-hydrogen) atoms. The molecule has 3 saturated carbocycles. The maximum absolute atomic E-state index is 12.3. The zero-order valence-electron chi connectivity index (χ0n) is 36.9. The number of fused-ring (bicyclic) bond motifs is 7. The van der Waals surface area contributed by atoms with E-state index in [1.807, 2.05) is 0 Å². The van der Waals surface area contributed by atoms with Gasteiger partial charge >= 0.3 is 0 Å². The van der Waals surface area contributed by atoms with Crippen molar-refractivity contribution in [3.63, 3.8) is 0 Å². The lowest BCUT2D eigenvalue weighted by Crippen LogP contribution is -2.66. The lowest BCUT2D eigenvalue weighted by atomic mass is 9.46. The summed E-state index contributed by atoms with van der Waals surface area (Å²) in [5.74, 6) is 2.20. The van der Waals surface area contributed by atoms with Gasteiger partial charge in [-0.2, -0.15) is 0 Å². The Labute approximate surface area is 364 Å². The van der Waals surface area contributed by atoms with Gasteiger partial charge in [-0.3, -0.25) is 5.32 Å². The number of rotatable bonds is 7. The Kier molecular flexibility index (Phi) is 12.7. The largest absolute Gasteiger partial charge is 0.394 e. The van der Waals surface area contributed by atoms with Crippen LogP contribution in [0.15, 0.2) is 11.6 Å². The molecule has 0 aromatic carbocycles. The van der Waals surface area contributed by atoms with Gasteiger partial charge in [-0.05, 0) is 100 Å². The second-order valence-corrected chi connectivity index (χ2v) is 21.3. The molecule has 0 radical (unpaired) electrons. The molecule has 9 rings (SSSR count). The number of aliphatic hydroxyl groups is 9. The summed E-state index contributed by atoms with van der Waals surface area (Å²) in [6.45, 7) is 12.6. The zero-order valence-corrected chi connectivity index (χ0v) is 36.9. The van der Waals surface area contributed by atoms with Crippen LogP contribution in [0.5, 0.6) is 0 Å². The van der Waals surface area contributed by atoms with Crippen molar-refractivity contribution >= 4 is 0 Å².